The molecule has 0 aliphatic rings. The van der Waals surface area contributed by atoms with Gasteiger partial charge >= 0.3 is 0 Å². The Morgan fingerprint density at radius 3 is 2.14 bits per heavy atom. The summed E-state index contributed by atoms with van der Waals surface area (Å²) in [5.74, 6) is 0. The molecule has 0 N–H and O–H groups in total. The van der Waals surface area contributed by atoms with Gasteiger partial charge in [0.15, 0.2) is 0 Å². The van der Waals surface area contributed by atoms with Gasteiger partial charge in [-0.15, -0.1) is 0 Å². The van der Waals surface area contributed by atoms with Gasteiger partial charge in [0.1, 0.15) is 0 Å². The molecular weight excluding hydrogens is 220 g/mol. The largest absolute Gasteiger partial charge is 0.0836 e. The predicted molar refractivity (Wildman–Crippen MR) is 41.1 cm³/mol. The minimum Gasteiger partial charge on any atom is -0.0836 e. The summed E-state index contributed by atoms with van der Waals surface area (Å²) in [6.07, 6.45) is 2.03. The smallest absolute Gasteiger partial charge is 0.0429 e. The van der Waals surface area contributed by atoms with Crippen molar-refractivity contribution in [3.63, 3.8) is 0 Å². The van der Waals surface area contributed by atoms with Crippen LogP contribution in [0.3, 0.4) is 0 Å². The zero-order valence-electron chi connectivity index (χ0n) is 4.41. The van der Waals surface area contributed by atoms with Gasteiger partial charge in [-0.05, 0) is 13.8 Å². The van der Waals surface area contributed by atoms with E-state index in [4.69, 9.17) is 0 Å². The molecule has 0 aliphatic heterocycles. The third-order valence-electron chi connectivity index (χ3n) is 0.656. The van der Waals surface area contributed by atoms with E-state index in [9.17, 15) is 0 Å². The normalized spacial score (nSPS) is 16.9. The Balaban J connectivity index is 3.56. The molecule has 0 aliphatic carbocycles. The summed E-state index contributed by atoms with van der Waals surface area (Å²) in [6.45, 7) is 4.08. The number of rotatable bonds is 1. The van der Waals surface area contributed by atoms with Crippen molar-refractivity contribution in [1.29, 1.82) is 0 Å². The van der Waals surface area contributed by atoms with E-state index in [1.807, 2.05) is 13.0 Å². The SMILES string of the molecule is C/C=C(/Br)[C@@H](C)Br. The molecule has 42 valence electrons. The highest BCUT2D eigenvalue weighted by Gasteiger charge is 1.94. The first-order valence-electron chi connectivity index (χ1n) is 2.14. The van der Waals surface area contributed by atoms with Crippen LogP contribution in [0.25, 0.3) is 0 Å². The summed E-state index contributed by atoms with van der Waals surface area (Å²) < 4.78 is 1.20. The van der Waals surface area contributed by atoms with Gasteiger partial charge in [0.05, 0.1) is 0 Å². The van der Waals surface area contributed by atoms with Gasteiger partial charge in [-0.2, -0.15) is 0 Å². The highest BCUT2D eigenvalue weighted by Crippen LogP contribution is 2.16. The molecule has 7 heavy (non-hydrogen) atoms. The van der Waals surface area contributed by atoms with E-state index in [0.29, 0.717) is 4.83 Å². The quantitative estimate of drug-likeness (QED) is 0.605. The van der Waals surface area contributed by atoms with E-state index < -0.39 is 0 Å². The molecule has 1 atom stereocenters. The number of allylic oxidation sites excluding steroid dienone is 2. The van der Waals surface area contributed by atoms with Crippen LogP contribution >= 0.6 is 31.9 Å². The number of halogens is 2. The molecular formula is C5H8Br2. The zero-order valence-corrected chi connectivity index (χ0v) is 7.58. The predicted octanol–water partition coefficient (Wildman–Crippen LogP) is 3.07. The van der Waals surface area contributed by atoms with Crippen LogP contribution in [0.1, 0.15) is 13.8 Å². The maximum absolute atomic E-state index is 3.38. The minimum atomic E-state index is 0.456. The summed E-state index contributed by atoms with van der Waals surface area (Å²) in [4.78, 5) is 0.456. The van der Waals surface area contributed by atoms with Crippen molar-refractivity contribution in [1.82, 2.24) is 0 Å². The lowest BCUT2D eigenvalue weighted by Crippen LogP contribution is -1.85. The van der Waals surface area contributed by atoms with Crippen molar-refractivity contribution in [2.75, 3.05) is 0 Å². The second kappa shape index (κ2) is 3.67. The molecule has 0 aromatic carbocycles. The molecule has 0 radical (unpaired) electrons. The van der Waals surface area contributed by atoms with E-state index in [2.05, 4.69) is 38.8 Å². The highest BCUT2D eigenvalue weighted by molar-refractivity contribution is 9.14. The number of alkyl halides is 1. The Morgan fingerprint density at radius 1 is 1.71 bits per heavy atom. The summed E-state index contributed by atoms with van der Waals surface area (Å²) in [5.41, 5.74) is 0. The first-order valence-corrected chi connectivity index (χ1v) is 3.85. The van der Waals surface area contributed by atoms with Crippen LogP contribution in [0.5, 0.6) is 0 Å². The minimum absolute atomic E-state index is 0.456. The highest BCUT2D eigenvalue weighted by atomic mass is 79.9. The summed E-state index contributed by atoms with van der Waals surface area (Å²) >= 11 is 6.74. The van der Waals surface area contributed by atoms with Crippen molar-refractivity contribution >= 4 is 31.9 Å². The third-order valence-corrected chi connectivity index (χ3v) is 2.91. The number of hydrogen-bond donors (Lipinski definition) is 0. The van der Waals surface area contributed by atoms with E-state index >= 15 is 0 Å². The Hall–Kier alpha value is 0.700. The van der Waals surface area contributed by atoms with Gasteiger partial charge in [0.2, 0.25) is 0 Å². The summed E-state index contributed by atoms with van der Waals surface area (Å²) in [5, 5.41) is 0. The van der Waals surface area contributed by atoms with Gasteiger partial charge in [-0.3, -0.25) is 0 Å². The molecule has 0 heterocycles. The molecule has 2 heteroatoms. The molecule has 0 aromatic rings. The van der Waals surface area contributed by atoms with E-state index in [0.717, 1.165) is 0 Å². The van der Waals surface area contributed by atoms with Gasteiger partial charge in [0, 0.05) is 9.31 Å². The van der Waals surface area contributed by atoms with Crippen molar-refractivity contribution in [2.45, 2.75) is 18.7 Å². The van der Waals surface area contributed by atoms with Crippen LogP contribution in [0.2, 0.25) is 0 Å². The molecule has 0 spiro atoms. The first kappa shape index (κ1) is 7.70. The average molecular weight is 228 g/mol. The van der Waals surface area contributed by atoms with Crippen LogP contribution in [0.4, 0.5) is 0 Å². The van der Waals surface area contributed by atoms with Gasteiger partial charge in [0.25, 0.3) is 0 Å². The lowest BCUT2D eigenvalue weighted by Gasteiger charge is -1.95. The van der Waals surface area contributed by atoms with Crippen LogP contribution < -0.4 is 0 Å². The fourth-order valence-corrected chi connectivity index (χ4v) is 0.494. The van der Waals surface area contributed by atoms with E-state index in [1.165, 1.54) is 4.48 Å². The van der Waals surface area contributed by atoms with Crippen molar-refractivity contribution < 1.29 is 0 Å². The van der Waals surface area contributed by atoms with Crippen molar-refractivity contribution in [2.24, 2.45) is 0 Å². The maximum atomic E-state index is 3.38. The summed E-state index contributed by atoms with van der Waals surface area (Å²) in [6, 6.07) is 0. The Kier molecular flexibility index (Phi) is 4.04. The zero-order chi connectivity index (χ0) is 5.86. The topological polar surface area (TPSA) is 0 Å². The molecule has 0 saturated heterocycles. The summed E-state index contributed by atoms with van der Waals surface area (Å²) in [7, 11) is 0. The average Bonchev–Trinajstić information content (AvgIpc) is 1.65. The lowest BCUT2D eigenvalue weighted by atomic mass is 10.4. The van der Waals surface area contributed by atoms with Crippen LogP contribution in [0, 0.1) is 0 Å². The van der Waals surface area contributed by atoms with Crippen LogP contribution in [-0.4, -0.2) is 4.83 Å². The second-order valence-corrected chi connectivity index (χ2v) is 3.58. The third kappa shape index (κ3) is 3.30. The van der Waals surface area contributed by atoms with Crippen LogP contribution in [0.15, 0.2) is 10.6 Å². The second-order valence-electron chi connectivity index (χ2n) is 1.29. The van der Waals surface area contributed by atoms with E-state index in [1.54, 1.807) is 0 Å². The molecule has 0 rings (SSSR count). The van der Waals surface area contributed by atoms with Crippen molar-refractivity contribution in [3.8, 4) is 0 Å². The lowest BCUT2D eigenvalue weighted by molar-refractivity contribution is 1.25. The van der Waals surface area contributed by atoms with Gasteiger partial charge < -0.3 is 0 Å². The Morgan fingerprint density at radius 2 is 2.14 bits per heavy atom. The Bertz CT molecular complexity index is 74.1. The molecule has 0 aromatic heterocycles. The van der Waals surface area contributed by atoms with Crippen molar-refractivity contribution in [3.05, 3.63) is 10.6 Å². The van der Waals surface area contributed by atoms with Gasteiger partial charge in [-0.25, -0.2) is 0 Å². The molecule has 0 fully saturated rings. The Labute approximate surface area is 61.2 Å². The fraction of sp³-hybridized carbons (Fsp3) is 0.600. The molecule has 0 unspecified atom stereocenters. The van der Waals surface area contributed by atoms with Crippen LogP contribution in [-0.2, 0) is 0 Å². The fourth-order valence-electron chi connectivity index (χ4n) is 0.230. The number of hydrogen-bond acceptors (Lipinski definition) is 0. The maximum Gasteiger partial charge on any atom is 0.0429 e. The first-order chi connectivity index (χ1) is 3.18. The standard InChI is InChI=1S/C5H8Br2/c1-3-5(7)4(2)6/h3-4H,1-2H3/b5-3+/t4-/m1/s1. The molecule has 0 bridgehead atoms. The molecule has 0 saturated carbocycles. The van der Waals surface area contributed by atoms with Gasteiger partial charge in [-0.1, -0.05) is 37.9 Å². The monoisotopic (exact) mass is 226 g/mol. The molecule has 0 nitrogen and oxygen atoms in total. The molecule has 0 amide bonds. The van der Waals surface area contributed by atoms with E-state index in [-0.39, 0.29) is 0 Å².